The van der Waals surface area contributed by atoms with Crippen LogP contribution < -0.4 is 11.1 Å². The molecule has 0 aromatic heterocycles. The van der Waals surface area contributed by atoms with Crippen LogP contribution in [-0.2, 0) is 4.79 Å². The maximum Gasteiger partial charge on any atom is 0.234 e. The van der Waals surface area contributed by atoms with E-state index in [1.807, 2.05) is 27.7 Å². The van der Waals surface area contributed by atoms with Gasteiger partial charge >= 0.3 is 0 Å². The number of hydrogen-bond acceptors (Lipinski definition) is 3. The van der Waals surface area contributed by atoms with Crippen LogP contribution in [0.25, 0.3) is 0 Å². The molecule has 90 valence electrons. The fourth-order valence-corrected chi connectivity index (χ4v) is 1.46. The maximum atomic E-state index is 11.1. The van der Waals surface area contributed by atoms with Gasteiger partial charge < -0.3 is 16.2 Å². The molecular weight excluding hydrogens is 192 g/mol. The third kappa shape index (κ3) is 4.62. The van der Waals surface area contributed by atoms with Gasteiger partial charge in [-0.3, -0.25) is 4.79 Å². The number of aliphatic hydroxyl groups is 1. The third-order valence-electron chi connectivity index (χ3n) is 2.94. The molecule has 0 saturated carbocycles. The molecule has 0 rings (SSSR count). The molecule has 0 aliphatic carbocycles. The summed E-state index contributed by atoms with van der Waals surface area (Å²) in [6.45, 7) is 8.13. The van der Waals surface area contributed by atoms with Gasteiger partial charge in [-0.1, -0.05) is 27.7 Å². The number of carbonyl (C=O) groups excluding carboxylic acids is 1. The topological polar surface area (TPSA) is 75.3 Å². The SMILES string of the molecule is CCC(O)(CC)CNC(C(N)=O)C(C)C. The molecular formula is C11H24N2O2. The van der Waals surface area contributed by atoms with E-state index in [0.29, 0.717) is 19.4 Å². The molecule has 0 fully saturated rings. The van der Waals surface area contributed by atoms with Gasteiger partial charge in [0, 0.05) is 6.54 Å². The highest BCUT2D eigenvalue weighted by Crippen LogP contribution is 2.14. The molecule has 4 nitrogen and oxygen atoms in total. The number of nitrogens with one attached hydrogen (secondary N) is 1. The van der Waals surface area contributed by atoms with Crippen LogP contribution in [-0.4, -0.2) is 29.2 Å². The third-order valence-corrected chi connectivity index (χ3v) is 2.94. The second kappa shape index (κ2) is 6.08. The highest BCUT2D eigenvalue weighted by atomic mass is 16.3. The highest BCUT2D eigenvalue weighted by molar-refractivity contribution is 5.80. The summed E-state index contributed by atoms with van der Waals surface area (Å²) < 4.78 is 0. The summed E-state index contributed by atoms with van der Waals surface area (Å²) in [4.78, 5) is 11.1. The van der Waals surface area contributed by atoms with Crippen molar-refractivity contribution < 1.29 is 9.90 Å². The molecule has 0 saturated heterocycles. The first kappa shape index (κ1) is 14.4. The Morgan fingerprint density at radius 3 is 2.13 bits per heavy atom. The first-order chi connectivity index (χ1) is 6.86. The van der Waals surface area contributed by atoms with E-state index in [-0.39, 0.29) is 17.9 Å². The van der Waals surface area contributed by atoms with Crippen LogP contribution in [0.3, 0.4) is 0 Å². The summed E-state index contributed by atoms with van der Waals surface area (Å²) in [5.74, 6) is -0.222. The maximum absolute atomic E-state index is 11.1. The van der Waals surface area contributed by atoms with Crippen molar-refractivity contribution in [1.29, 1.82) is 0 Å². The molecule has 1 atom stereocenters. The van der Waals surface area contributed by atoms with Crippen LogP contribution in [0, 0.1) is 5.92 Å². The molecule has 0 aliphatic heterocycles. The van der Waals surface area contributed by atoms with Crippen LogP contribution in [0.5, 0.6) is 0 Å². The molecule has 0 bridgehead atoms. The molecule has 0 aliphatic rings. The number of rotatable bonds is 7. The van der Waals surface area contributed by atoms with E-state index in [0.717, 1.165) is 0 Å². The molecule has 0 aromatic rings. The standard InChI is InChI=1S/C11H24N2O2/c1-5-11(15,6-2)7-13-9(8(3)4)10(12)14/h8-9,13,15H,5-7H2,1-4H3,(H2,12,14). The van der Waals surface area contributed by atoms with E-state index >= 15 is 0 Å². The van der Waals surface area contributed by atoms with Gasteiger partial charge in [0.2, 0.25) is 5.91 Å². The monoisotopic (exact) mass is 216 g/mol. The minimum absolute atomic E-state index is 0.139. The zero-order chi connectivity index (χ0) is 12.1. The van der Waals surface area contributed by atoms with Gasteiger partial charge in [0.05, 0.1) is 11.6 Å². The summed E-state index contributed by atoms with van der Waals surface area (Å²) in [5.41, 5.74) is 4.53. The van der Waals surface area contributed by atoms with Gasteiger partial charge in [0.25, 0.3) is 0 Å². The zero-order valence-electron chi connectivity index (χ0n) is 10.2. The molecule has 4 heteroatoms. The van der Waals surface area contributed by atoms with Gasteiger partial charge in [-0.05, 0) is 18.8 Å². The Labute approximate surface area is 92.2 Å². The first-order valence-electron chi connectivity index (χ1n) is 5.61. The molecule has 0 spiro atoms. The fourth-order valence-electron chi connectivity index (χ4n) is 1.46. The van der Waals surface area contributed by atoms with E-state index in [4.69, 9.17) is 5.73 Å². The van der Waals surface area contributed by atoms with Crippen molar-refractivity contribution in [3.8, 4) is 0 Å². The molecule has 15 heavy (non-hydrogen) atoms. The normalized spacial score (nSPS) is 14.3. The van der Waals surface area contributed by atoms with E-state index in [9.17, 15) is 9.90 Å². The Balaban J connectivity index is 4.27. The van der Waals surface area contributed by atoms with E-state index < -0.39 is 5.60 Å². The lowest BCUT2D eigenvalue weighted by Gasteiger charge is -2.29. The predicted octanol–water partition coefficient (Wildman–Crippen LogP) is 0.637. The molecule has 0 heterocycles. The minimum atomic E-state index is -0.734. The van der Waals surface area contributed by atoms with E-state index in [1.54, 1.807) is 0 Å². The van der Waals surface area contributed by atoms with E-state index in [2.05, 4.69) is 5.32 Å². The Morgan fingerprint density at radius 2 is 1.87 bits per heavy atom. The summed E-state index contributed by atoms with van der Waals surface area (Å²) >= 11 is 0. The molecule has 0 aromatic carbocycles. The van der Waals surface area contributed by atoms with Crippen molar-refractivity contribution in [3.05, 3.63) is 0 Å². The van der Waals surface area contributed by atoms with Gasteiger partial charge in [-0.25, -0.2) is 0 Å². The van der Waals surface area contributed by atoms with Crippen LogP contribution in [0.15, 0.2) is 0 Å². The van der Waals surface area contributed by atoms with Gasteiger partial charge in [0.1, 0.15) is 0 Å². The van der Waals surface area contributed by atoms with Crippen LogP contribution in [0.4, 0.5) is 0 Å². The summed E-state index contributed by atoms with van der Waals surface area (Å²) in [6, 6.07) is -0.366. The molecule has 1 unspecified atom stereocenters. The number of nitrogens with two attached hydrogens (primary N) is 1. The first-order valence-corrected chi connectivity index (χ1v) is 5.61. The van der Waals surface area contributed by atoms with Crippen molar-refractivity contribution >= 4 is 5.91 Å². The lowest BCUT2D eigenvalue weighted by atomic mass is 9.95. The van der Waals surface area contributed by atoms with E-state index in [1.165, 1.54) is 0 Å². The number of carbonyl (C=O) groups is 1. The van der Waals surface area contributed by atoms with Crippen molar-refractivity contribution in [2.45, 2.75) is 52.2 Å². The Kier molecular flexibility index (Phi) is 5.83. The van der Waals surface area contributed by atoms with Crippen molar-refractivity contribution in [2.24, 2.45) is 11.7 Å². The summed E-state index contributed by atoms with van der Waals surface area (Å²) in [5, 5.41) is 13.1. The Morgan fingerprint density at radius 1 is 1.40 bits per heavy atom. The number of amides is 1. The molecule has 4 N–H and O–H groups in total. The molecule has 0 radical (unpaired) electrons. The minimum Gasteiger partial charge on any atom is -0.389 e. The fraction of sp³-hybridized carbons (Fsp3) is 0.909. The lowest BCUT2D eigenvalue weighted by molar-refractivity contribution is -0.121. The quantitative estimate of drug-likeness (QED) is 0.584. The Hall–Kier alpha value is -0.610. The smallest absolute Gasteiger partial charge is 0.234 e. The predicted molar refractivity (Wildman–Crippen MR) is 61.4 cm³/mol. The average molecular weight is 216 g/mol. The molecule has 1 amide bonds. The number of hydrogen-bond donors (Lipinski definition) is 3. The van der Waals surface area contributed by atoms with Gasteiger partial charge in [0.15, 0.2) is 0 Å². The van der Waals surface area contributed by atoms with Crippen molar-refractivity contribution in [1.82, 2.24) is 5.32 Å². The van der Waals surface area contributed by atoms with Crippen LogP contribution in [0.2, 0.25) is 0 Å². The largest absolute Gasteiger partial charge is 0.389 e. The van der Waals surface area contributed by atoms with Gasteiger partial charge in [-0.15, -0.1) is 0 Å². The number of primary amides is 1. The lowest BCUT2D eigenvalue weighted by Crippen LogP contribution is -2.51. The zero-order valence-corrected chi connectivity index (χ0v) is 10.2. The van der Waals surface area contributed by atoms with Crippen molar-refractivity contribution in [2.75, 3.05) is 6.54 Å². The summed E-state index contributed by atoms with van der Waals surface area (Å²) in [7, 11) is 0. The highest BCUT2D eigenvalue weighted by Gasteiger charge is 2.26. The van der Waals surface area contributed by atoms with Crippen molar-refractivity contribution in [3.63, 3.8) is 0 Å². The van der Waals surface area contributed by atoms with Crippen LogP contribution in [0.1, 0.15) is 40.5 Å². The second-order valence-corrected chi connectivity index (χ2v) is 4.44. The average Bonchev–Trinajstić information content (AvgIpc) is 2.16. The van der Waals surface area contributed by atoms with Gasteiger partial charge in [-0.2, -0.15) is 0 Å². The van der Waals surface area contributed by atoms with Crippen LogP contribution >= 0.6 is 0 Å². The Bertz CT molecular complexity index is 201. The second-order valence-electron chi connectivity index (χ2n) is 4.44. The summed E-state index contributed by atoms with van der Waals surface area (Å²) in [6.07, 6.45) is 1.33.